The summed E-state index contributed by atoms with van der Waals surface area (Å²) in [5.74, 6) is -0.233. The van der Waals surface area contributed by atoms with Gasteiger partial charge in [0, 0.05) is 16.1 Å². The van der Waals surface area contributed by atoms with Crippen molar-refractivity contribution in [3.05, 3.63) is 52.2 Å². The van der Waals surface area contributed by atoms with Gasteiger partial charge in [-0.25, -0.2) is 0 Å². The number of benzene rings is 1. The van der Waals surface area contributed by atoms with Gasteiger partial charge in [0.2, 0.25) is 5.91 Å². The maximum absolute atomic E-state index is 12.2. The molecule has 1 fully saturated rings. The first-order valence-electron chi connectivity index (χ1n) is 6.67. The molecule has 6 heteroatoms. The maximum atomic E-state index is 12.2. The molecule has 3 N–H and O–H groups in total. The average Bonchev–Trinajstić information content (AvgIpc) is 3.20. The zero-order valence-electron chi connectivity index (χ0n) is 11.3. The van der Waals surface area contributed by atoms with Crippen LogP contribution in [-0.4, -0.2) is 19.1 Å². The summed E-state index contributed by atoms with van der Waals surface area (Å²) in [7, 11) is 0. The molecule has 2 heterocycles. The van der Waals surface area contributed by atoms with E-state index in [9.17, 15) is 4.79 Å². The van der Waals surface area contributed by atoms with E-state index in [4.69, 9.17) is 15.2 Å². The standard InChI is InChI=1S/C15H16N2O3S/c16-13(12-5-2-8-21-12)14(18)17-11-4-1-3-10(9-11)15-19-6-7-20-15/h1-5,8-9,13,15H,6-7,16H2,(H,17,18). The second-order valence-corrected chi connectivity index (χ2v) is 5.66. The summed E-state index contributed by atoms with van der Waals surface area (Å²) in [4.78, 5) is 13.0. The molecule has 1 atom stereocenters. The summed E-state index contributed by atoms with van der Waals surface area (Å²) in [6.07, 6.45) is -0.354. The molecule has 1 aliphatic heterocycles. The van der Waals surface area contributed by atoms with Gasteiger partial charge in [0.25, 0.3) is 0 Å². The zero-order chi connectivity index (χ0) is 14.7. The quantitative estimate of drug-likeness (QED) is 0.910. The van der Waals surface area contributed by atoms with Crippen LogP contribution in [0.4, 0.5) is 5.69 Å². The molecular weight excluding hydrogens is 288 g/mol. The molecule has 1 unspecified atom stereocenters. The average molecular weight is 304 g/mol. The van der Waals surface area contributed by atoms with Gasteiger partial charge in [-0.15, -0.1) is 11.3 Å². The summed E-state index contributed by atoms with van der Waals surface area (Å²) in [6, 6.07) is 10.5. The van der Waals surface area contributed by atoms with Crippen LogP contribution in [0.2, 0.25) is 0 Å². The number of carbonyl (C=O) groups is 1. The molecule has 1 amide bonds. The lowest BCUT2D eigenvalue weighted by molar-refractivity contribution is -0.117. The number of anilines is 1. The predicted octanol–water partition coefficient (Wildman–Crippen LogP) is 2.43. The highest BCUT2D eigenvalue weighted by Gasteiger charge is 2.20. The molecule has 1 saturated heterocycles. The second kappa shape index (κ2) is 6.36. The Bertz CT molecular complexity index is 609. The molecule has 1 aliphatic rings. The first-order chi connectivity index (χ1) is 10.2. The monoisotopic (exact) mass is 304 g/mol. The van der Waals surface area contributed by atoms with Crippen LogP contribution in [0.1, 0.15) is 22.8 Å². The van der Waals surface area contributed by atoms with E-state index in [1.54, 1.807) is 0 Å². The molecule has 0 radical (unpaired) electrons. The van der Waals surface area contributed by atoms with Gasteiger partial charge in [0.05, 0.1) is 13.2 Å². The van der Waals surface area contributed by atoms with E-state index in [0.29, 0.717) is 18.9 Å². The fourth-order valence-corrected chi connectivity index (χ4v) is 2.86. The van der Waals surface area contributed by atoms with Crippen LogP contribution in [0.15, 0.2) is 41.8 Å². The number of nitrogens with two attached hydrogens (primary N) is 1. The lowest BCUT2D eigenvalue weighted by Gasteiger charge is -2.13. The Kier molecular flexibility index (Phi) is 4.31. The molecule has 0 aliphatic carbocycles. The van der Waals surface area contributed by atoms with Gasteiger partial charge in [0.15, 0.2) is 6.29 Å². The van der Waals surface area contributed by atoms with E-state index in [1.807, 2.05) is 41.8 Å². The SMILES string of the molecule is NC(C(=O)Nc1cccc(C2OCCO2)c1)c1cccs1. The Morgan fingerprint density at radius 2 is 2.10 bits per heavy atom. The van der Waals surface area contributed by atoms with Gasteiger partial charge >= 0.3 is 0 Å². The first kappa shape index (κ1) is 14.2. The number of hydrogen-bond acceptors (Lipinski definition) is 5. The van der Waals surface area contributed by atoms with Crippen LogP contribution in [0.3, 0.4) is 0 Å². The minimum Gasteiger partial charge on any atom is -0.346 e. The third kappa shape index (κ3) is 3.30. The Hall–Kier alpha value is -1.73. The van der Waals surface area contributed by atoms with E-state index in [2.05, 4.69) is 5.32 Å². The Labute approximate surface area is 126 Å². The second-order valence-electron chi connectivity index (χ2n) is 4.68. The number of carbonyl (C=O) groups excluding carboxylic acids is 1. The van der Waals surface area contributed by atoms with E-state index < -0.39 is 6.04 Å². The van der Waals surface area contributed by atoms with Crippen molar-refractivity contribution >= 4 is 22.9 Å². The number of hydrogen-bond donors (Lipinski definition) is 2. The topological polar surface area (TPSA) is 73.6 Å². The van der Waals surface area contributed by atoms with E-state index >= 15 is 0 Å². The first-order valence-corrected chi connectivity index (χ1v) is 7.55. The minimum absolute atomic E-state index is 0.233. The third-order valence-electron chi connectivity index (χ3n) is 3.18. The third-order valence-corrected chi connectivity index (χ3v) is 4.14. The maximum Gasteiger partial charge on any atom is 0.246 e. The fraction of sp³-hybridized carbons (Fsp3) is 0.267. The van der Waals surface area contributed by atoms with Crippen LogP contribution in [-0.2, 0) is 14.3 Å². The molecule has 1 aromatic carbocycles. The van der Waals surface area contributed by atoms with Crippen LogP contribution in [0.25, 0.3) is 0 Å². The molecular formula is C15H16N2O3S. The molecule has 1 aromatic heterocycles. The van der Waals surface area contributed by atoms with Crippen LogP contribution < -0.4 is 11.1 Å². The molecule has 110 valence electrons. The highest BCUT2D eigenvalue weighted by Crippen LogP contribution is 2.26. The van der Waals surface area contributed by atoms with Crippen molar-refractivity contribution in [3.63, 3.8) is 0 Å². The van der Waals surface area contributed by atoms with Gasteiger partial charge in [-0.2, -0.15) is 0 Å². The Balaban J connectivity index is 1.69. The van der Waals surface area contributed by atoms with E-state index in [0.717, 1.165) is 10.4 Å². The summed E-state index contributed by atoms with van der Waals surface area (Å²) < 4.78 is 10.9. The van der Waals surface area contributed by atoms with Crippen LogP contribution in [0, 0.1) is 0 Å². The van der Waals surface area contributed by atoms with Crippen molar-refractivity contribution in [3.8, 4) is 0 Å². The lowest BCUT2D eigenvalue weighted by atomic mass is 10.1. The van der Waals surface area contributed by atoms with Gasteiger partial charge in [-0.05, 0) is 23.6 Å². The van der Waals surface area contributed by atoms with Crippen LogP contribution >= 0.6 is 11.3 Å². The van der Waals surface area contributed by atoms with Crippen molar-refractivity contribution in [2.45, 2.75) is 12.3 Å². The van der Waals surface area contributed by atoms with Crippen molar-refractivity contribution in [2.24, 2.45) is 5.73 Å². The number of amides is 1. The Morgan fingerprint density at radius 1 is 1.29 bits per heavy atom. The lowest BCUT2D eigenvalue weighted by Crippen LogP contribution is -2.27. The largest absolute Gasteiger partial charge is 0.346 e. The summed E-state index contributed by atoms with van der Waals surface area (Å²) in [5, 5.41) is 4.73. The Morgan fingerprint density at radius 3 is 2.81 bits per heavy atom. The highest BCUT2D eigenvalue weighted by atomic mass is 32.1. The molecule has 0 bridgehead atoms. The van der Waals surface area contributed by atoms with Crippen molar-refractivity contribution in [2.75, 3.05) is 18.5 Å². The number of nitrogens with one attached hydrogen (secondary N) is 1. The van der Waals surface area contributed by atoms with Gasteiger partial charge in [-0.1, -0.05) is 18.2 Å². The predicted molar refractivity (Wildman–Crippen MR) is 81.0 cm³/mol. The molecule has 3 rings (SSSR count). The minimum atomic E-state index is -0.660. The summed E-state index contributed by atoms with van der Waals surface area (Å²) in [6.45, 7) is 1.18. The molecule has 2 aromatic rings. The van der Waals surface area contributed by atoms with Gasteiger partial charge < -0.3 is 20.5 Å². The molecule has 0 spiro atoms. The van der Waals surface area contributed by atoms with Gasteiger partial charge in [0.1, 0.15) is 6.04 Å². The molecule has 21 heavy (non-hydrogen) atoms. The number of ether oxygens (including phenoxy) is 2. The smallest absolute Gasteiger partial charge is 0.246 e. The van der Waals surface area contributed by atoms with Crippen molar-refractivity contribution in [1.82, 2.24) is 0 Å². The molecule has 0 saturated carbocycles. The van der Waals surface area contributed by atoms with E-state index in [1.165, 1.54) is 11.3 Å². The van der Waals surface area contributed by atoms with Crippen molar-refractivity contribution < 1.29 is 14.3 Å². The number of thiophene rings is 1. The zero-order valence-corrected chi connectivity index (χ0v) is 12.1. The van der Waals surface area contributed by atoms with E-state index in [-0.39, 0.29) is 12.2 Å². The summed E-state index contributed by atoms with van der Waals surface area (Å²) in [5.41, 5.74) is 7.51. The summed E-state index contributed by atoms with van der Waals surface area (Å²) >= 11 is 1.47. The van der Waals surface area contributed by atoms with Crippen LogP contribution in [0.5, 0.6) is 0 Å². The normalized spacial score (nSPS) is 16.8. The molecule has 5 nitrogen and oxygen atoms in total. The number of rotatable bonds is 4. The van der Waals surface area contributed by atoms with Gasteiger partial charge in [-0.3, -0.25) is 4.79 Å². The fourth-order valence-electron chi connectivity index (χ4n) is 2.13. The van der Waals surface area contributed by atoms with Crippen molar-refractivity contribution in [1.29, 1.82) is 0 Å². The highest BCUT2D eigenvalue weighted by molar-refractivity contribution is 7.10.